The number of ether oxygens (including phenoxy) is 5. The first-order valence-corrected chi connectivity index (χ1v) is 18.2. The minimum absolute atomic E-state index is 0.0696. The number of unbranched alkanes of at least 4 members (excludes halogenated alkanes) is 11. The normalized spacial score (nSPS) is 31.7. The molecule has 0 aliphatic carbocycles. The Bertz CT molecular complexity index is 858. The van der Waals surface area contributed by atoms with Crippen molar-refractivity contribution in [2.45, 2.75) is 184 Å². The van der Waals surface area contributed by atoms with Crippen LogP contribution in [0.2, 0.25) is 0 Å². The summed E-state index contributed by atoms with van der Waals surface area (Å²) in [5.74, 6) is -0.0696. The molecule has 13 heteroatoms. The van der Waals surface area contributed by atoms with Crippen molar-refractivity contribution in [3.63, 3.8) is 0 Å². The number of carbonyl (C=O) groups is 1. The minimum atomic E-state index is -1.71. The zero-order valence-corrected chi connectivity index (χ0v) is 29.0. The van der Waals surface area contributed by atoms with Crippen molar-refractivity contribution in [2.24, 2.45) is 0 Å². The summed E-state index contributed by atoms with van der Waals surface area (Å²) >= 11 is 0. The number of hydrogen-bond acceptors (Lipinski definition) is 13. The van der Waals surface area contributed by atoms with Crippen molar-refractivity contribution in [2.75, 3.05) is 19.8 Å². The second-order valence-electron chi connectivity index (χ2n) is 13.1. The van der Waals surface area contributed by atoms with Gasteiger partial charge < -0.3 is 59.4 Å². The molecule has 0 radical (unpaired) electrons. The van der Waals surface area contributed by atoms with E-state index < -0.39 is 74.6 Å². The van der Waals surface area contributed by atoms with Crippen LogP contribution in [-0.4, -0.2) is 129 Å². The van der Waals surface area contributed by atoms with Gasteiger partial charge in [0, 0.05) is 6.42 Å². The molecule has 0 amide bonds. The van der Waals surface area contributed by atoms with Gasteiger partial charge >= 0.3 is 5.97 Å². The number of rotatable bonds is 25. The molecule has 48 heavy (non-hydrogen) atoms. The lowest BCUT2D eigenvalue weighted by Gasteiger charge is -2.46. The fraction of sp³-hybridized carbons (Fsp3) is 0.914. The highest BCUT2D eigenvalue weighted by Gasteiger charge is 2.51. The van der Waals surface area contributed by atoms with E-state index in [4.69, 9.17) is 23.7 Å². The molecule has 7 N–H and O–H groups in total. The first kappa shape index (κ1) is 42.9. The van der Waals surface area contributed by atoms with Gasteiger partial charge in [-0.3, -0.25) is 4.79 Å². The number of hydrogen-bond donors (Lipinski definition) is 7. The SMILES string of the molecule is CCCCCCOC(=O)CCCCCCC/C=C\CCCCCC(C)O[C@@H]1O[C@H](CO)[C@@H](O)[C@H](O)[C@H]1O[C@@H]1O[C@H](CO)[C@@H](O)[C@H](O)[C@H]1O. The largest absolute Gasteiger partial charge is 0.466 e. The van der Waals surface area contributed by atoms with Gasteiger partial charge in [-0.15, -0.1) is 0 Å². The maximum Gasteiger partial charge on any atom is 0.305 e. The van der Waals surface area contributed by atoms with Crippen LogP contribution in [0.3, 0.4) is 0 Å². The fourth-order valence-electron chi connectivity index (χ4n) is 5.90. The molecule has 0 spiro atoms. The first-order valence-electron chi connectivity index (χ1n) is 18.2. The van der Waals surface area contributed by atoms with E-state index in [0.29, 0.717) is 19.4 Å². The zero-order valence-electron chi connectivity index (χ0n) is 29.0. The molecule has 0 aromatic heterocycles. The Morgan fingerprint density at radius 2 is 1.25 bits per heavy atom. The van der Waals surface area contributed by atoms with Crippen molar-refractivity contribution in [3.8, 4) is 0 Å². The fourth-order valence-corrected chi connectivity index (χ4v) is 5.90. The first-order chi connectivity index (χ1) is 23.1. The van der Waals surface area contributed by atoms with Crippen LogP contribution in [0.5, 0.6) is 0 Å². The van der Waals surface area contributed by atoms with Gasteiger partial charge in [0.25, 0.3) is 0 Å². The van der Waals surface area contributed by atoms with E-state index in [1.54, 1.807) is 0 Å². The van der Waals surface area contributed by atoms with Gasteiger partial charge in [-0.05, 0) is 51.9 Å². The molecular weight excluding hydrogens is 628 g/mol. The molecule has 282 valence electrons. The van der Waals surface area contributed by atoms with Gasteiger partial charge in [0.15, 0.2) is 12.6 Å². The van der Waals surface area contributed by atoms with Crippen LogP contribution < -0.4 is 0 Å². The molecule has 2 fully saturated rings. The lowest BCUT2D eigenvalue weighted by molar-refractivity contribution is -0.371. The van der Waals surface area contributed by atoms with Gasteiger partial charge in [0.2, 0.25) is 0 Å². The molecule has 2 heterocycles. The molecule has 2 rings (SSSR count). The maximum absolute atomic E-state index is 11.7. The highest BCUT2D eigenvalue weighted by molar-refractivity contribution is 5.69. The molecule has 2 saturated heterocycles. The van der Waals surface area contributed by atoms with E-state index >= 15 is 0 Å². The van der Waals surface area contributed by atoms with Crippen LogP contribution in [0.25, 0.3) is 0 Å². The van der Waals surface area contributed by atoms with Gasteiger partial charge in [-0.25, -0.2) is 0 Å². The van der Waals surface area contributed by atoms with Crippen molar-refractivity contribution in [1.29, 1.82) is 0 Å². The standard InChI is InChI=1S/C35H64O13/c1-3-4-5-18-21-44-27(38)20-17-15-13-11-9-7-6-8-10-12-14-16-19-24(2)45-35-33(31(42)29(40)26(23-37)47-35)48-34-32(43)30(41)28(39)25(22-36)46-34/h6,8,24-26,28-37,39-43H,3-5,7,9-23H2,1-2H3/b8-6-/t24?,25-,26-,28-,29-,30+,31+,32-,33-,34+,35-/m1/s1. The predicted octanol–water partition coefficient (Wildman–Crippen LogP) is 2.38. The van der Waals surface area contributed by atoms with Gasteiger partial charge in [-0.1, -0.05) is 70.4 Å². The van der Waals surface area contributed by atoms with Crippen molar-refractivity contribution in [3.05, 3.63) is 12.2 Å². The number of aliphatic hydroxyl groups excluding tert-OH is 7. The molecule has 1 unspecified atom stereocenters. The summed E-state index contributed by atoms with van der Waals surface area (Å²) in [6.07, 6.45) is 5.41. The summed E-state index contributed by atoms with van der Waals surface area (Å²) in [6, 6.07) is 0. The summed E-state index contributed by atoms with van der Waals surface area (Å²) in [7, 11) is 0. The van der Waals surface area contributed by atoms with Crippen LogP contribution in [0.1, 0.15) is 117 Å². The molecule has 0 aromatic rings. The molecule has 0 saturated carbocycles. The lowest BCUT2D eigenvalue weighted by atomic mass is 9.97. The van der Waals surface area contributed by atoms with E-state index in [0.717, 1.165) is 77.0 Å². The Morgan fingerprint density at radius 1 is 0.688 bits per heavy atom. The molecule has 11 atom stereocenters. The third-order valence-corrected chi connectivity index (χ3v) is 8.99. The van der Waals surface area contributed by atoms with Crippen LogP contribution in [0.15, 0.2) is 12.2 Å². The van der Waals surface area contributed by atoms with Crippen LogP contribution in [0, 0.1) is 0 Å². The number of carbonyl (C=O) groups excluding carboxylic acids is 1. The van der Waals surface area contributed by atoms with Crippen LogP contribution in [-0.2, 0) is 28.5 Å². The van der Waals surface area contributed by atoms with Crippen LogP contribution in [0.4, 0.5) is 0 Å². The van der Waals surface area contributed by atoms with Gasteiger partial charge in [0.1, 0.15) is 48.8 Å². The summed E-state index contributed by atoms with van der Waals surface area (Å²) < 4.78 is 28.1. The summed E-state index contributed by atoms with van der Waals surface area (Å²) in [5, 5.41) is 70.8. The lowest BCUT2D eigenvalue weighted by Crippen LogP contribution is -2.64. The summed E-state index contributed by atoms with van der Waals surface area (Å²) in [6.45, 7) is 3.31. The van der Waals surface area contributed by atoms with E-state index in [9.17, 15) is 40.5 Å². The van der Waals surface area contributed by atoms with Gasteiger partial charge in [-0.2, -0.15) is 0 Å². The van der Waals surface area contributed by atoms with E-state index in [1.165, 1.54) is 12.8 Å². The third kappa shape index (κ3) is 15.3. The van der Waals surface area contributed by atoms with Crippen molar-refractivity contribution in [1.82, 2.24) is 0 Å². The third-order valence-electron chi connectivity index (χ3n) is 8.99. The molecule has 13 nitrogen and oxygen atoms in total. The second kappa shape index (κ2) is 24.8. The Labute approximate surface area is 286 Å². The Kier molecular flexibility index (Phi) is 22.2. The average molecular weight is 693 g/mol. The monoisotopic (exact) mass is 692 g/mol. The Hall–Kier alpha value is -1.23. The van der Waals surface area contributed by atoms with Gasteiger partial charge in [0.05, 0.1) is 25.9 Å². The molecular formula is C35H64O13. The summed E-state index contributed by atoms with van der Waals surface area (Å²) in [5.41, 5.74) is 0. The Morgan fingerprint density at radius 3 is 1.90 bits per heavy atom. The van der Waals surface area contributed by atoms with Crippen molar-refractivity contribution < 1.29 is 64.2 Å². The number of allylic oxidation sites excluding steroid dienone is 2. The van der Waals surface area contributed by atoms with E-state index in [-0.39, 0.29) is 12.1 Å². The van der Waals surface area contributed by atoms with Crippen LogP contribution >= 0.6 is 0 Å². The molecule has 2 aliphatic heterocycles. The topological polar surface area (TPSA) is 205 Å². The second-order valence-corrected chi connectivity index (χ2v) is 13.1. The quantitative estimate of drug-likeness (QED) is 0.0418. The molecule has 2 aliphatic rings. The minimum Gasteiger partial charge on any atom is -0.466 e. The maximum atomic E-state index is 11.7. The summed E-state index contributed by atoms with van der Waals surface area (Å²) in [4.78, 5) is 11.7. The smallest absolute Gasteiger partial charge is 0.305 e. The highest BCUT2D eigenvalue weighted by atomic mass is 16.8. The van der Waals surface area contributed by atoms with Crippen molar-refractivity contribution >= 4 is 5.97 Å². The van der Waals surface area contributed by atoms with E-state index in [1.807, 2.05) is 6.92 Å². The average Bonchev–Trinajstić information content (AvgIpc) is 3.07. The number of esters is 1. The number of aliphatic hydroxyl groups is 7. The predicted molar refractivity (Wildman–Crippen MR) is 177 cm³/mol. The molecule has 0 bridgehead atoms. The Balaban J connectivity index is 1.61. The highest BCUT2D eigenvalue weighted by Crippen LogP contribution is 2.30. The van der Waals surface area contributed by atoms with E-state index in [2.05, 4.69) is 19.1 Å². The zero-order chi connectivity index (χ0) is 35.3. The molecule has 0 aromatic carbocycles.